The lowest BCUT2D eigenvalue weighted by Gasteiger charge is -2.01. The Labute approximate surface area is 101 Å². The van der Waals surface area contributed by atoms with Gasteiger partial charge in [0.1, 0.15) is 17.7 Å². The summed E-state index contributed by atoms with van der Waals surface area (Å²) in [5.41, 5.74) is 0.392. The Balaban J connectivity index is 2.19. The molecule has 1 N–H and O–H groups in total. The Bertz CT molecular complexity index is 478. The third kappa shape index (κ3) is 2.66. The van der Waals surface area contributed by atoms with Crippen LogP contribution in [0.5, 0.6) is 11.8 Å². The summed E-state index contributed by atoms with van der Waals surface area (Å²) in [6, 6.07) is 4.75. The van der Waals surface area contributed by atoms with E-state index in [1.807, 2.05) is 0 Å². The smallest absolute Gasteiger partial charge is 0.399 e. The number of hydrogen-bond acceptors (Lipinski definition) is 4. The molecule has 0 bridgehead atoms. The van der Waals surface area contributed by atoms with Crippen molar-refractivity contribution in [3.8, 4) is 11.8 Å². The quantitative estimate of drug-likeness (QED) is 0.920. The molecule has 2 aromatic rings. The molecule has 0 saturated heterocycles. The highest BCUT2D eigenvalue weighted by Crippen LogP contribution is 2.27. The van der Waals surface area contributed by atoms with Crippen LogP contribution in [-0.2, 0) is 6.61 Å². The molecule has 1 heterocycles. The summed E-state index contributed by atoms with van der Waals surface area (Å²) in [5, 5.41) is 9.70. The minimum absolute atomic E-state index is 0.0300. The zero-order valence-electron chi connectivity index (χ0n) is 7.98. The van der Waals surface area contributed by atoms with Crippen LogP contribution in [0.4, 0.5) is 0 Å². The maximum absolute atomic E-state index is 8.78. The number of oxazole rings is 1. The number of benzene rings is 1. The summed E-state index contributed by atoms with van der Waals surface area (Å²) in [5.74, 6) is 0.420. The summed E-state index contributed by atoms with van der Waals surface area (Å²) in [4.78, 5) is 3.86. The van der Waals surface area contributed by atoms with E-state index in [9.17, 15) is 0 Å². The molecule has 2 rings (SSSR count). The average Bonchev–Trinajstić information content (AvgIpc) is 2.64. The molecule has 0 saturated carbocycles. The van der Waals surface area contributed by atoms with Crippen LogP contribution in [0.3, 0.4) is 0 Å². The number of ether oxygens (including phenoxy) is 1. The first kappa shape index (κ1) is 11.3. The minimum atomic E-state index is -0.205. The maximum Gasteiger partial charge on any atom is 0.399 e. The molecule has 16 heavy (non-hydrogen) atoms. The van der Waals surface area contributed by atoms with Crippen molar-refractivity contribution in [2.45, 2.75) is 6.61 Å². The molecule has 0 aliphatic rings. The number of rotatable bonds is 3. The molecule has 0 atom stereocenters. The summed E-state index contributed by atoms with van der Waals surface area (Å²) in [6.45, 7) is -0.205. The van der Waals surface area contributed by atoms with E-state index in [1.165, 1.54) is 6.26 Å². The molecule has 1 aromatic heterocycles. The fourth-order valence-electron chi connectivity index (χ4n) is 1.10. The zero-order valence-corrected chi connectivity index (χ0v) is 9.50. The highest BCUT2D eigenvalue weighted by molar-refractivity contribution is 6.34. The van der Waals surface area contributed by atoms with Gasteiger partial charge in [0.15, 0.2) is 0 Å². The van der Waals surface area contributed by atoms with Crippen molar-refractivity contribution < 1.29 is 14.3 Å². The van der Waals surface area contributed by atoms with Gasteiger partial charge in [-0.25, -0.2) is 0 Å². The van der Waals surface area contributed by atoms with E-state index in [0.717, 1.165) is 0 Å². The topological polar surface area (TPSA) is 55.5 Å². The number of hydrogen-bond donors (Lipinski definition) is 1. The molecular formula is C10H7Cl2NO3. The van der Waals surface area contributed by atoms with E-state index < -0.39 is 0 Å². The van der Waals surface area contributed by atoms with Crippen LogP contribution < -0.4 is 4.74 Å². The van der Waals surface area contributed by atoms with Gasteiger partial charge in [-0.3, -0.25) is 0 Å². The van der Waals surface area contributed by atoms with Crippen LogP contribution in [-0.4, -0.2) is 10.1 Å². The molecule has 84 valence electrons. The van der Waals surface area contributed by atoms with E-state index in [-0.39, 0.29) is 12.7 Å². The first-order valence-corrected chi connectivity index (χ1v) is 5.12. The Kier molecular flexibility index (Phi) is 3.33. The van der Waals surface area contributed by atoms with Crippen LogP contribution in [0, 0.1) is 0 Å². The number of aromatic nitrogens is 1. The van der Waals surface area contributed by atoms with Crippen LogP contribution >= 0.6 is 23.2 Å². The molecule has 0 amide bonds. The van der Waals surface area contributed by atoms with E-state index in [4.69, 9.17) is 37.5 Å². The van der Waals surface area contributed by atoms with Gasteiger partial charge in [0, 0.05) is 10.0 Å². The predicted molar refractivity (Wildman–Crippen MR) is 59.0 cm³/mol. The highest BCUT2D eigenvalue weighted by atomic mass is 35.5. The molecule has 0 unspecified atom stereocenters. The number of halogens is 2. The standard InChI is InChI=1S/C10H7Cl2NO3/c11-6-1-7(12)3-9(2-6)16-10-13-8(4-14)5-15-10/h1-3,5,14H,4H2. The van der Waals surface area contributed by atoms with E-state index in [2.05, 4.69) is 4.98 Å². The van der Waals surface area contributed by atoms with E-state index in [1.54, 1.807) is 18.2 Å². The Morgan fingerprint density at radius 3 is 2.50 bits per heavy atom. The maximum atomic E-state index is 8.78. The average molecular weight is 260 g/mol. The van der Waals surface area contributed by atoms with Gasteiger partial charge in [-0.2, -0.15) is 4.98 Å². The fraction of sp³-hybridized carbons (Fsp3) is 0.100. The third-order valence-electron chi connectivity index (χ3n) is 1.73. The van der Waals surface area contributed by atoms with Crippen molar-refractivity contribution in [2.24, 2.45) is 0 Å². The molecule has 4 nitrogen and oxygen atoms in total. The first-order chi connectivity index (χ1) is 7.67. The van der Waals surface area contributed by atoms with Crippen molar-refractivity contribution in [1.82, 2.24) is 4.98 Å². The van der Waals surface area contributed by atoms with Gasteiger partial charge in [-0.15, -0.1) is 0 Å². The van der Waals surface area contributed by atoms with Crippen molar-refractivity contribution in [2.75, 3.05) is 0 Å². The van der Waals surface area contributed by atoms with E-state index in [0.29, 0.717) is 21.5 Å². The molecule has 1 aromatic carbocycles. The van der Waals surface area contributed by atoms with Crippen molar-refractivity contribution in [1.29, 1.82) is 0 Å². The summed E-state index contributed by atoms with van der Waals surface area (Å²) in [7, 11) is 0. The summed E-state index contributed by atoms with van der Waals surface area (Å²) >= 11 is 11.6. The van der Waals surface area contributed by atoms with Crippen LogP contribution in [0.2, 0.25) is 10.0 Å². The highest BCUT2D eigenvalue weighted by Gasteiger charge is 2.06. The number of nitrogens with zero attached hydrogens (tertiary/aromatic N) is 1. The van der Waals surface area contributed by atoms with Crippen molar-refractivity contribution in [3.05, 3.63) is 40.2 Å². The van der Waals surface area contributed by atoms with Crippen LogP contribution in [0.1, 0.15) is 5.69 Å². The largest absolute Gasteiger partial charge is 0.417 e. The second kappa shape index (κ2) is 4.74. The second-order valence-corrected chi connectivity index (χ2v) is 3.84. The molecular weight excluding hydrogens is 253 g/mol. The van der Waals surface area contributed by atoms with Gasteiger partial charge in [0.05, 0.1) is 6.61 Å². The van der Waals surface area contributed by atoms with Crippen molar-refractivity contribution >= 4 is 23.2 Å². The third-order valence-corrected chi connectivity index (χ3v) is 2.17. The van der Waals surface area contributed by atoms with Gasteiger partial charge in [-0.05, 0) is 18.2 Å². The number of aliphatic hydroxyl groups is 1. The molecule has 0 spiro atoms. The molecule has 0 fully saturated rings. The Morgan fingerprint density at radius 1 is 1.25 bits per heavy atom. The van der Waals surface area contributed by atoms with Crippen molar-refractivity contribution in [3.63, 3.8) is 0 Å². The van der Waals surface area contributed by atoms with Gasteiger partial charge in [-0.1, -0.05) is 23.2 Å². The van der Waals surface area contributed by atoms with Gasteiger partial charge < -0.3 is 14.3 Å². The van der Waals surface area contributed by atoms with Gasteiger partial charge in [0.25, 0.3) is 0 Å². The lowest BCUT2D eigenvalue weighted by Crippen LogP contribution is -1.86. The number of aliphatic hydroxyl groups excluding tert-OH is 1. The summed E-state index contributed by atoms with van der Waals surface area (Å²) in [6.07, 6.45) is 1.34. The lowest BCUT2D eigenvalue weighted by atomic mass is 10.3. The van der Waals surface area contributed by atoms with Crippen LogP contribution in [0.15, 0.2) is 28.9 Å². The Morgan fingerprint density at radius 2 is 1.94 bits per heavy atom. The minimum Gasteiger partial charge on any atom is -0.417 e. The fourth-order valence-corrected chi connectivity index (χ4v) is 1.60. The monoisotopic (exact) mass is 259 g/mol. The van der Waals surface area contributed by atoms with Crippen LogP contribution in [0.25, 0.3) is 0 Å². The second-order valence-electron chi connectivity index (χ2n) is 2.97. The zero-order chi connectivity index (χ0) is 11.5. The van der Waals surface area contributed by atoms with Gasteiger partial charge >= 0.3 is 6.08 Å². The van der Waals surface area contributed by atoms with E-state index >= 15 is 0 Å². The molecule has 0 aliphatic carbocycles. The predicted octanol–water partition coefficient (Wildman–Crippen LogP) is 3.27. The Hall–Kier alpha value is -1.23. The molecule has 0 aliphatic heterocycles. The first-order valence-electron chi connectivity index (χ1n) is 4.36. The molecule has 0 radical (unpaired) electrons. The molecule has 6 heteroatoms. The normalized spacial score (nSPS) is 10.4. The SMILES string of the molecule is OCc1coc(Oc2cc(Cl)cc(Cl)c2)n1. The summed E-state index contributed by atoms with van der Waals surface area (Å²) < 4.78 is 10.2. The van der Waals surface area contributed by atoms with Gasteiger partial charge in [0.2, 0.25) is 0 Å². The lowest BCUT2D eigenvalue weighted by molar-refractivity contribution is 0.276.